The van der Waals surface area contributed by atoms with Crippen molar-refractivity contribution >= 4 is 11.9 Å². The smallest absolute Gasteiger partial charge is 0.361 e. The van der Waals surface area contributed by atoms with E-state index in [2.05, 4.69) is 0 Å². The Labute approximate surface area is 120 Å². The Kier molecular flexibility index (Phi) is 7.12. The zero-order valence-corrected chi connectivity index (χ0v) is 13.4. The van der Waals surface area contributed by atoms with Gasteiger partial charge in [-0.2, -0.15) is 0 Å². The molecule has 0 unspecified atom stereocenters. The van der Waals surface area contributed by atoms with Gasteiger partial charge in [-0.15, -0.1) is 0 Å². The number of ether oxygens (including phenoxy) is 2. The number of aliphatic hydroxyl groups is 1. The normalized spacial score (nSPS) is 12.4. The van der Waals surface area contributed by atoms with E-state index in [0.29, 0.717) is 8.97 Å². The lowest BCUT2D eigenvalue weighted by molar-refractivity contribution is -0.862. The van der Waals surface area contributed by atoms with Crippen LogP contribution in [0.1, 0.15) is 0 Å². The summed E-state index contributed by atoms with van der Waals surface area (Å²) in [5.74, 6) is -0.788. The highest BCUT2D eigenvalue weighted by atomic mass is 16.6. The molecule has 7 nitrogen and oxygen atoms in total. The fourth-order valence-electron chi connectivity index (χ4n) is 1.29. The first-order chi connectivity index (χ1) is 8.89. The Bertz CT molecular complexity index is 299. The van der Waals surface area contributed by atoms with Crippen molar-refractivity contribution in [2.75, 3.05) is 68.6 Å². The van der Waals surface area contributed by atoms with E-state index in [1.807, 2.05) is 42.3 Å². The standard InChI is InChI=1S/C13H28N2O5/c1-14(2,3)7-12(17)19-9-11(16)10-20-13(18)8-15(4,5)6/h11,16H,7-10H2,1-6H3/q+2. The molecule has 0 aliphatic heterocycles. The summed E-state index contributed by atoms with van der Waals surface area (Å²) >= 11 is 0. The lowest BCUT2D eigenvalue weighted by Gasteiger charge is -2.23. The summed E-state index contributed by atoms with van der Waals surface area (Å²) in [5, 5.41) is 9.58. The molecule has 0 rings (SSSR count). The van der Waals surface area contributed by atoms with Crippen LogP contribution >= 0.6 is 0 Å². The van der Waals surface area contributed by atoms with Crippen molar-refractivity contribution in [2.24, 2.45) is 0 Å². The van der Waals surface area contributed by atoms with Gasteiger partial charge in [-0.3, -0.25) is 0 Å². The zero-order valence-electron chi connectivity index (χ0n) is 13.4. The number of hydrogen-bond donors (Lipinski definition) is 1. The largest absolute Gasteiger partial charge is 0.459 e. The fourth-order valence-corrected chi connectivity index (χ4v) is 1.29. The van der Waals surface area contributed by atoms with Gasteiger partial charge < -0.3 is 23.5 Å². The number of nitrogens with zero attached hydrogens (tertiary/aromatic N) is 2. The highest BCUT2D eigenvalue weighted by Gasteiger charge is 2.19. The number of hydrogen-bond acceptors (Lipinski definition) is 5. The van der Waals surface area contributed by atoms with Crippen LogP contribution < -0.4 is 0 Å². The average Bonchev–Trinajstić information content (AvgIpc) is 2.18. The minimum atomic E-state index is -0.997. The lowest BCUT2D eigenvalue weighted by Crippen LogP contribution is -2.42. The van der Waals surface area contributed by atoms with Gasteiger partial charge in [0.2, 0.25) is 0 Å². The third-order valence-electron chi connectivity index (χ3n) is 2.08. The van der Waals surface area contributed by atoms with Crippen LogP contribution in [0.25, 0.3) is 0 Å². The second-order valence-electron chi connectivity index (χ2n) is 6.92. The molecule has 0 spiro atoms. The molecule has 0 saturated heterocycles. The topological polar surface area (TPSA) is 72.8 Å². The van der Waals surface area contributed by atoms with Gasteiger partial charge in [0.1, 0.15) is 19.3 Å². The molecule has 0 bridgehead atoms. The van der Waals surface area contributed by atoms with Crippen LogP contribution in [0.4, 0.5) is 0 Å². The van der Waals surface area contributed by atoms with Crippen LogP contribution in [-0.2, 0) is 19.1 Å². The van der Waals surface area contributed by atoms with E-state index in [-0.39, 0.29) is 26.3 Å². The highest BCUT2D eigenvalue weighted by Crippen LogP contribution is 1.96. The monoisotopic (exact) mass is 292 g/mol. The lowest BCUT2D eigenvalue weighted by atomic mass is 10.4. The summed E-state index contributed by atoms with van der Waals surface area (Å²) in [4.78, 5) is 22.9. The molecular formula is C13H28N2O5+2. The molecule has 0 aromatic heterocycles. The SMILES string of the molecule is C[N+](C)(C)CC(=O)OCC(O)COC(=O)C[N+](C)(C)C. The van der Waals surface area contributed by atoms with Crippen LogP contribution in [0.2, 0.25) is 0 Å². The molecule has 0 radical (unpaired) electrons. The molecule has 118 valence electrons. The highest BCUT2D eigenvalue weighted by molar-refractivity contribution is 5.71. The van der Waals surface area contributed by atoms with Crippen molar-refractivity contribution < 1.29 is 33.1 Å². The molecular weight excluding hydrogens is 264 g/mol. The molecule has 0 aromatic carbocycles. The molecule has 0 aliphatic carbocycles. The van der Waals surface area contributed by atoms with Gasteiger partial charge in [0.25, 0.3) is 0 Å². The van der Waals surface area contributed by atoms with Crippen LogP contribution in [-0.4, -0.2) is 101 Å². The Balaban J connectivity index is 3.87. The van der Waals surface area contributed by atoms with Gasteiger partial charge in [0.15, 0.2) is 13.1 Å². The van der Waals surface area contributed by atoms with E-state index in [0.717, 1.165) is 0 Å². The fraction of sp³-hybridized carbons (Fsp3) is 0.846. The minimum Gasteiger partial charge on any atom is -0.459 e. The molecule has 7 heteroatoms. The van der Waals surface area contributed by atoms with E-state index >= 15 is 0 Å². The van der Waals surface area contributed by atoms with Gasteiger partial charge >= 0.3 is 11.9 Å². The van der Waals surface area contributed by atoms with E-state index < -0.39 is 18.0 Å². The van der Waals surface area contributed by atoms with Gasteiger partial charge in [-0.05, 0) is 0 Å². The Morgan fingerprint density at radius 3 is 1.40 bits per heavy atom. The molecule has 0 atom stereocenters. The summed E-state index contributed by atoms with van der Waals surface area (Å²) in [6, 6.07) is 0. The predicted octanol–water partition coefficient (Wildman–Crippen LogP) is -1.15. The maximum absolute atomic E-state index is 11.4. The maximum Gasteiger partial charge on any atom is 0.361 e. The number of quaternary nitrogens is 2. The number of carbonyl (C=O) groups excluding carboxylic acids is 2. The predicted molar refractivity (Wildman–Crippen MR) is 73.7 cm³/mol. The molecule has 0 aliphatic rings. The number of likely N-dealkylation sites (N-methyl/N-ethyl adjacent to an activating group) is 2. The Hall–Kier alpha value is -1.18. The van der Waals surface area contributed by atoms with Crippen LogP contribution in [0.5, 0.6) is 0 Å². The van der Waals surface area contributed by atoms with Crippen LogP contribution in [0, 0.1) is 0 Å². The molecule has 1 N–H and O–H groups in total. The Morgan fingerprint density at radius 1 is 0.850 bits per heavy atom. The summed E-state index contributed by atoms with van der Waals surface area (Å²) < 4.78 is 10.7. The third kappa shape index (κ3) is 11.9. The second-order valence-corrected chi connectivity index (χ2v) is 6.92. The quantitative estimate of drug-likeness (QED) is 0.451. The van der Waals surface area contributed by atoms with Crippen molar-refractivity contribution in [3.63, 3.8) is 0 Å². The molecule has 20 heavy (non-hydrogen) atoms. The Morgan fingerprint density at radius 2 is 1.15 bits per heavy atom. The minimum absolute atomic E-state index is 0.170. The van der Waals surface area contributed by atoms with Gasteiger partial charge in [-0.25, -0.2) is 9.59 Å². The van der Waals surface area contributed by atoms with Crippen molar-refractivity contribution in [3.05, 3.63) is 0 Å². The second kappa shape index (κ2) is 7.56. The van der Waals surface area contributed by atoms with E-state index in [9.17, 15) is 14.7 Å². The van der Waals surface area contributed by atoms with E-state index in [1.54, 1.807) is 0 Å². The van der Waals surface area contributed by atoms with Crippen molar-refractivity contribution in [1.29, 1.82) is 0 Å². The first-order valence-corrected chi connectivity index (χ1v) is 6.49. The van der Waals surface area contributed by atoms with E-state index in [4.69, 9.17) is 9.47 Å². The number of esters is 2. The summed E-state index contributed by atoms with van der Waals surface area (Å²) in [7, 11) is 11.2. The molecule has 0 fully saturated rings. The van der Waals surface area contributed by atoms with Crippen LogP contribution in [0.3, 0.4) is 0 Å². The number of aliphatic hydroxyl groups excluding tert-OH is 1. The van der Waals surface area contributed by atoms with Crippen molar-refractivity contribution in [1.82, 2.24) is 0 Å². The first-order valence-electron chi connectivity index (χ1n) is 6.49. The zero-order chi connectivity index (χ0) is 16.0. The molecule has 0 heterocycles. The van der Waals surface area contributed by atoms with Gasteiger partial charge in [0, 0.05) is 0 Å². The third-order valence-corrected chi connectivity index (χ3v) is 2.08. The summed E-state index contributed by atoms with van der Waals surface area (Å²) in [6.45, 7) is 0.0923. The summed E-state index contributed by atoms with van der Waals surface area (Å²) in [6.07, 6.45) is -0.997. The number of carbonyl (C=O) groups is 2. The van der Waals surface area contributed by atoms with Gasteiger partial charge in [0.05, 0.1) is 42.3 Å². The van der Waals surface area contributed by atoms with E-state index in [1.165, 1.54) is 0 Å². The average molecular weight is 292 g/mol. The van der Waals surface area contributed by atoms with Crippen molar-refractivity contribution in [2.45, 2.75) is 6.10 Å². The summed E-state index contributed by atoms with van der Waals surface area (Å²) in [5.41, 5.74) is 0. The van der Waals surface area contributed by atoms with Gasteiger partial charge in [-0.1, -0.05) is 0 Å². The van der Waals surface area contributed by atoms with Crippen LogP contribution in [0.15, 0.2) is 0 Å². The first kappa shape index (κ1) is 18.8. The molecule has 0 amide bonds. The van der Waals surface area contributed by atoms with Crippen molar-refractivity contribution in [3.8, 4) is 0 Å². The molecule has 0 aromatic rings. The molecule has 0 saturated carbocycles. The number of rotatable bonds is 8. The maximum atomic E-state index is 11.4.